The minimum Gasteiger partial charge on any atom is -0.477 e. The number of fused-ring (bicyclic) bond motifs is 1. The summed E-state index contributed by atoms with van der Waals surface area (Å²) in [6, 6.07) is -1.17. The number of anilines is 1. The largest absolute Gasteiger partial charge is 0.477 e. The monoisotopic (exact) mass is 469 g/mol. The van der Waals surface area contributed by atoms with Crippen molar-refractivity contribution in [3.8, 4) is 0 Å². The third kappa shape index (κ3) is 3.70. The number of hydrogen-bond donors (Lipinski definition) is 3. The summed E-state index contributed by atoms with van der Waals surface area (Å²) in [5.41, 5.74) is 5.67. The van der Waals surface area contributed by atoms with E-state index < -0.39 is 46.1 Å². The van der Waals surface area contributed by atoms with Gasteiger partial charge >= 0.3 is 5.97 Å². The lowest BCUT2D eigenvalue weighted by atomic mass is 9.99. The molecule has 0 saturated carbocycles. The molecule has 14 heteroatoms. The first kappa shape index (κ1) is 21.4. The second-order valence-corrected chi connectivity index (χ2v) is 9.37. The number of nitrogens with zero attached hydrogens (tertiary/aromatic N) is 3. The van der Waals surface area contributed by atoms with E-state index in [-0.39, 0.29) is 28.0 Å². The number of carboxylic acids is 1. The standard InChI is InChI=1S/C17H19N5O7S2/c1-28-21-10(8-5-30-17(18)19-8)13(23)20-11-14(24)22-12(16(25)26)7(6-31(27)15(11)22)9-3-2-4-29-9/h5,9,11,15H,2-4,6H2,1H3,(H2,18,19)(H,20,23)(H,25,26)/b21-10-/t9-,11+,15+,31?/m0/s1. The molecule has 1 aromatic heterocycles. The first-order valence-corrected chi connectivity index (χ1v) is 11.5. The Labute approximate surface area is 182 Å². The van der Waals surface area contributed by atoms with Crippen molar-refractivity contribution in [1.29, 1.82) is 0 Å². The Balaban J connectivity index is 1.58. The number of hydrogen-bond acceptors (Lipinski definition) is 10. The summed E-state index contributed by atoms with van der Waals surface area (Å²) >= 11 is 1.09. The number of carbonyl (C=O) groups excluding carboxylic acids is 2. The molecule has 166 valence electrons. The van der Waals surface area contributed by atoms with Crippen LogP contribution < -0.4 is 11.1 Å². The first-order chi connectivity index (χ1) is 14.8. The van der Waals surface area contributed by atoms with Crippen LogP contribution in [0.1, 0.15) is 18.5 Å². The van der Waals surface area contributed by atoms with Gasteiger partial charge in [-0.15, -0.1) is 11.3 Å². The van der Waals surface area contributed by atoms with Gasteiger partial charge in [-0.1, -0.05) is 5.16 Å². The molecule has 1 unspecified atom stereocenters. The Morgan fingerprint density at radius 2 is 2.29 bits per heavy atom. The first-order valence-electron chi connectivity index (χ1n) is 9.25. The molecule has 4 heterocycles. The molecule has 4 N–H and O–H groups in total. The topological polar surface area (TPSA) is 174 Å². The summed E-state index contributed by atoms with van der Waals surface area (Å²) in [5, 5.41) is 16.6. The molecule has 2 amide bonds. The van der Waals surface area contributed by atoms with Crippen LogP contribution in [0.2, 0.25) is 0 Å². The van der Waals surface area contributed by atoms with Gasteiger partial charge in [0.15, 0.2) is 10.8 Å². The number of β-lactam (4-membered cyclic amide) rings is 1. The molecule has 12 nitrogen and oxygen atoms in total. The number of ether oxygens (including phenoxy) is 1. The third-order valence-corrected chi connectivity index (χ3v) is 7.42. The fourth-order valence-corrected chi connectivity index (χ4v) is 6.09. The van der Waals surface area contributed by atoms with Crippen LogP contribution in [0.3, 0.4) is 0 Å². The van der Waals surface area contributed by atoms with Crippen LogP contribution in [-0.4, -0.2) is 79.7 Å². The number of thiazole rings is 1. The van der Waals surface area contributed by atoms with E-state index in [0.717, 1.165) is 22.7 Å². The van der Waals surface area contributed by atoms with Crippen LogP contribution in [0.25, 0.3) is 0 Å². The van der Waals surface area contributed by atoms with Gasteiger partial charge in [0.2, 0.25) is 0 Å². The van der Waals surface area contributed by atoms with Gasteiger partial charge in [0.05, 0.1) is 22.7 Å². The number of aliphatic carboxylic acids is 1. The highest BCUT2D eigenvalue weighted by molar-refractivity contribution is 7.86. The fraction of sp³-hybridized carbons (Fsp3) is 0.471. The lowest BCUT2D eigenvalue weighted by Crippen LogP contribution is -2.74. The Morgan fingerprint density at radius 1 is 1.52 bits per heavy atom. The van der Waals surface area contributed by atoms with Crippen molar-refractivity contribution >= 4 is 50.8 Å². The van der Waals surface area contributed by atoms with Crippen molar-refractivity contribution in [3.63, 3.8) is 0 Å². The van der Waals surface area contributed by atoms with Crippen LogP contribution in [0.4, 0.5) is 5.13 Å². The van der Waals surface area contributed by atoms with E-state index in [1.54, 1.807) is 0 Å². The van der Waals surface area contributed by atoms with Crippen LogP contribution in [0.5, 0.6) is 0 Å². The normalized spacial score (nSPS) is 28.2. The summed E-state index contributed by atoms with van der Waals surface area (Å²) in [4.78, 5) is 47.1. The quantitative estimate of drug-likeness (QED) is 0.268. The lowest BCUT2D eigenvalue weighted by molar-refractivity contribution is -0.150. The van der Waals surface area contributed by atoms with Crippen LogP contribution in [0.15, 0.2) is 21.8 Å². The zero-order valence-electron chi connectivity index (χ0n) is 16.3. The maximum absolute atomic E-state index is 12.9. The maximum atomic E-state index is 12.9. The predicted molar refractivity (Wildman–Crippen MR) is 109 cm³/mol. The summed E-state index contributed by atoms with van der Waals surface area (Å²) in [7, 11) is -0.390. The SMILES string of the molecule is CO/N=C(\C(=O)N[C@@H]1C(=O)N2C(C(=O)O)=C([C@@H]3CCCO3)CS(=O)[C@H]12)c1csc(N)n1. The van der Waals surface area contributed by atoms with E-state index in [9.17, 15) is 23.7 Å². The Hall–Kier alpha value is -2.84. The zero-order chi connectivity index (χ0) is 22.3. The number of nitrogens with two attached hydrogens (primary N) is 1. The molecule has 0 bridgehead atoms. The highest BCUT2D eigenvalue weighted by Crippen LogP contribution is 2.38. The summed E-state index contributed by atoms with van der Waals surface area (Å²) in [6.45, 7) is 0.479. The van der Waals surface area contributed by atoms with Gasteiger partial charge in [-0.05, 0) is 12.8 Å². The van der Waals surface area contributed by atoms with Crippen LogP contribution in [0, 0.1) is 0 Å². The number of rotatable bonds is 6. The smallest absolute Gasteiger partial charge is 0.352 e. The molecular formula is C17H19N5O7S2. The molecule has 2 fully saturated rings. The average Bonchev–Trinajstić information content (AvgIpc) is 3.41. The van der Waals surface area contributed by atoms with Gasteiger partial charge in [-0.3, -0.25) is 18.7 Å². The number of oxime groups is 1. The van der Waals surface area contributed by atoms with Gasteiger partial charge < -0.3 is 25.7 Å². The van der Waals surface area contributed by atoms with Crippen molar-refractivity contribution in [2.45, 2.75) is 30.4 Å². The van der Waals surface area contributed by atoms with Gasteiger partial charge in [-0.2, -0.15) is 0 Å². The van der Waals surface area contributed by atoms with E-state index in [0.29, 0.717) is 18.6 Å². The summed E-state index contributed by atoms with van der Waals surface area (Å²) in [5.74, 6) is -2.80. The second-order valence-electron chi connectivity index (χ2n) is 6.95. The van der Waals surface area contributed by atoms with Gasteiger partial charge in [0, 0.05) is 17.6 Å². The average molecular weight is 470 g/mol. The van der Waals surface area contributed by atoms with E-state index in [1.165, 1.54) is 12.5 Å². The van der Waals surface area contributed by atoms with E-state index >= 15 is 0 Å². The molecule has 0 spiro atoms. The van der Waals surface area contributed by atoms with Gasteiger partial charge in [0.1, 0.15) is 29.9 Å². The van der Waals surface area contributed by atoms with Crippen molar-refractivity contribution in [2.24, 2.45) is 5.16 Å². The highest BCUT2D eigenvalue weighted by atomic mass is 32.2. The summed E-state index contributed by atoms with van der Waals surface area (Å²) < 4.78 is 18.5. The molecule has 4 atom stereocenters. The van der Waals surface area contributed by atoms with E-state index in [2.05, 4.69) is 15.5 Å². The van der Waals surface area contributed by atoms with Gasteiger partial charge in [0.25, 0.3) is 11.8 Å². The minimum absolute atomic E-state index is 0.0469. The molecule has 0 aliphatic carbocycles. The molecule has 31 heavy (non-hydrogen) atoms. The second kappa shape index (κ2) is 8.36. The zero-order valence-corrected chi connectivity index (χ0v) is 17.9. The molecule has 0 aromatic carbocycles. The van der Waals surface area contributed by atoms with Gasteiger partial charge in [-0.25, -0.2) is 9.78 Å². The molecule has 1 aromatic rings. The molecular weight excluding hydrogens is 450 g/mol. The number of carboxylic acid groups (broad SMARTS) is 1. The number of amides is 2. The van der Waals surface area contributed by atoms with Crippen LogP contribution in [-0.2, 0) is 34.8 Å². The molecule has 4 rings (SSSR count). The Morgan fingerprint density at radius 3 is 2.87 bits per heavy atom. The third-order valence-electron chi connectivity index (χ3n) is 5.13. The molecule has 3 aliphatic heterocycles. The lowest BCUT2D eigenvalue weighted by Gasteiger charge is -2.49. The van der Waals surface area contributed by atoms with Crippen LogP contribution >= 0.6 is 11.3 Å². The maximum Gasteiger partial charge on any atom is 0.352 e. The van der Waals surface area contributed by atoms with E-state index in [4.69, 9.17) is 15.3 Å². The summed E-state index contributed by atoms with van der Waals surface area (Å²) in [6.07, 6.45) is 0.879. The Bertz CT molecular complexity index is 1030. The number of nitrogen functional groups attached to an aromatic ring is 1. The Kier molecular flexibility index (Phi) is 5.77. The molecule has 2 saturated heterocycles. The van der Waals surface area contributed by atoms with Crippen molar-refractivity contribution in [1.82, 2.24) is 15.2 Å². The fourth-order valence-electron chi connectivity index (χ4n) is 3.81. The van der Waals surface area contributed by atoms with E-state index in [1.807, 2.05) is 0 Å². The minimum atomic E-state index is -1.63. The molecule has 0 radical (unpaired) electrons. The predicted octanol–water partition coefficient (Wildman–Crippen LogP) is -0.991. The van der Waals surface area contributed by atoms with Crippen molar-refractivity contribution < 1.29 is 33.3 Å². The van der Waals surface area contributed by atoms with Crippen molar-refractivity contribution in [3.05, 3.63) is 22.3 Å². The van der Waals surface area contributed by atoms with Crippen molar-refractivity contribution in [2.75, 3.05) is 25.2 Å². The number of carbonyl (C=O) groups is 3. The highest BCUT2D eigenvalue weighted by Gasteiger charge is 2.58. The number of aromatic nitrogens is 1. The molecule has 3 aliphatic rings. The number of nitrogens with one attached hydrogen (secondary N) is 1.